The van der Waals surface area contributed by atoms with Gasteiger partial charge in [0.2, 0.25) is 0 Å². The average molecular weight is 417 g/mol. The Morgan fingerprint density at radius 2 is 1.86 bits per heavy atom. The lowest BCUT2D eigenvalue weighted by atomic mass is 10.1. The van der Waals surface area contributed by atoms with E-state index in [1.165, 1.54) is 19.3 Å². The highest BCUT2D eigenvalue weighted by atomic mass is 35.5. The first kappa shape index (κ1) is 19.9. The third-order valence-electron chi connectivity index (χ3n) is 4.20. The van der Waals surface area contributed by atoms with Gasteiger partial charge in [-0.25, -0.2) is 4.68 Å². The number of hydrogen-bond acceptors (Lipinski definition) is 3. The molecule has 28 heavy (non-hydrogen) atoms. The van der Waals surface area contributed by atoms with E-state index in [0.29, 0.717) is 27.7 Å². The molecule has 0 spiro atoms. The number of anilines is 1. The van der Waals surface area contributed by atoms with Crippen molar-refractivity contribution in [1.82, 2.24) is 15.1 Å². The standard InChI is InChI=1S/C20H18Cl2N4O2/c1-3-18-16(11-24-26(18)14-6-4-5-12(21)9-14)20(28)25-13-7-8-17(22)15(10-13)19(27)23-2/h4-11H,3H2,1-2H3,(H,23,27)(H,25,28). The number of halogens is 2. The zero-order valence-corrected chi connectivity index (χ0v) is 16.8. The van der Waals surface area contributed by atoms with E-state index in [4.69, 9.17) is 23.2 Å². The highest BCUT2D eigenvalue weighted by Gasteiger charge is 2.18. The summed E-state index contributed by atoms with van der Waals surface area (Å²) >= 11 is 12.1. The van der Waals surface area contributed by atoms with Crippen molar-refractivity contribution in [2.75, 3.05) is 12.4 Å². The molecule has 3 aromatic rings. The summed E-state index contributed by atoms with van der Waals surface area (Å²) in [6.45, 7) is 1.95. The van der Waals surface area contributed by atoms with Gasteiger partial charge in [-0.2, -0.15) is 5.10 Å². The third kappa shape index (κ3) is 4.03. The molecule has 2 amide bonds. The van der Waals surface area contributed by atoms with Crippen LogP contribution in [0.15, 0.2) is 48.7 Å². The second-order valence-electron chi connectivity index (χ2n) is 5.98. The van der Waals surface area contributed by atoms with Gasteiger partial charge in [-0.1, -0.05) is 36.2 Å². The first-order valence-corrected chi connectivity index (χ1v) is 9.36. The fourth-order valence-corrected chi connectivity index (χ4v) is 3.23. The minimum Gasteiger partial charge on any atom is -0.355 e. The maximum Gasteiger partial charge on any atom is 0.259 e. The number of amides is 2. The number of rotatable bonds is 5. The highest BCUT2D eigenvalue weighted by Crippen LogP contribution is 2.23. The molecule has 144 valence electrons. The Bertz CT molecular complexity index is 1050. The predicted octanol–water partition coefficient (Wildman–Crippen LogP) is 4.35. The number of benzene rings is 2. The Kier molecular flexibility index (Phi) is 6.02. The van der Waals surface area contributed by atoms with Gasteiger partial charge in [0.1, 0.15) is 0 Å². The molecule has 0 saturated heterocycles. The Balaban J connectivity index is 1.91. The summed E-state index contributed by atoms with van der Waals surface area (Å²) in [5.74, 6) is -0.653. The van der Waals surface area contributed by atoms with E-state index in [9.17, 15) is 9.59 Å². The summed E-state index contributed by atoms with van der Waals surface area (Å²) in [4.78, 5) is 24.7. The number of aromatic nitrogens is 2. The summed E-state index contributed by atoms with van der Waals surface area (Å²) in [6, 6.07) is 12.0. The zero-order valence-electron chi connectivity index (χ0n) is 15.3. The van der Waals surface area contributed by atoms with E-state index in [1.807, 2.05) is 19.1 Å². The maximum absolute atomic E-state index is 12.8. The summed E-state index contributed by atoms with van der Waals surface area (Å²) in [5.41, 5.74) is 2.72. The summed E-state index contributed by atoms with van der Waals surface area (Å²) < 4.78 is 1.69. The minimum absolute atomic E-state index is 0.285. The molecule has 0 saturated carbocycles. The van der Waals surface area contributed by atoms with Crippen LogP contribution in [-0.2, 0) is 6.42 Å². The van der Waals surface area contributed by atoms with Crippen molar-refractivity contribution in [3.05, 3.63) is 75.5 Å². The van der Waals surface area contributed by atoms with Crippen LogP contribution >= 0.6 is 23.2 Å². The van der Waals surface area contributed by atoms with Gasteiger partial charge in [-0.05, 0) is 42.8 Å². The van der Waals surface area contributed by atoms with Gasteiger partial charge in [-0.15, -0.1) is 0 Å². The molecule has 0 aliphatic heterocycles. The molecule has 0 unspecified atom stereocenters. The Morgan fingerprint density at radius 3 is 2.54 bits per heavy atom. The Labute approximate surface area is 172 Å². The van der Waals surface area contributed by atoms with E-state index in [2.05, 4.69) is 15.7 Å². The number of carbonyl (C=O) groups excluding carboxylic acids is 2. The van der Waals surface area contributed by atoms with Crippen LogP contribution in [0.25, 0.3) is 5.69 Å². The van der Waals surface area contributed by atoms with Crippen molar-refractivity contribution in [2.24, 2.45) is 0 Å². The van der Waals surface area contributed by atoms with Crippen LogP contribution in [0.2, 0.25) is 10.0 Å². The van der Waals surface area contributed by atoms with Crippen molar-refractivity contribution in [3.8, 4) is 5.69 Å². The van der Waals surface area contributed by atoms with Crippen LogP contribution in [0.1, 0.15) is 33.3 Å². The molecule has 0 atom stereocenters. The molecule has 8 heteroatoms. The molecule has 6 nitrogen and oxygen atoms in total. The molecule has 2 aromatic carbocycles. The monoisotopic (exact) mass is 416 g/mol. The zero-order chi connectivity index (χ0) is 20.3. The second-order valence-corrected chi connectivity index (χ2v) is 6.82. The Hall–Kier alpha value is -2.83. The number of nitrogens with zero attached hydrogens (tertiary/aromatic N) is 2. The molecule has 0 aliphatic rings. The molecule has 0 fully saturated rings. The van der Waals surface area contributed by atoms with Crippen molar-refractivity contribution < 1.29 is 9.59 Å². The van der Waals surface area contributed by atoms with E-state index in [-0.39, 0.29) is 17.4 Å². The summed E-state index contributed by atoms with van der Waals surface area (Å²) in [6.07, 6.45) is 2.12. The van der Waals surface area contributed by atoms with Crippen LogP contribution in [0.3, 0.4) is 0 Å². The minimum atomic E-state index is -0.330. The van der Waals surface area contributed by atoms with E-state index < -0.39 is 0 Å². The smallest absolute Gasteiger partial charge is 0.259 e. The molecular weight excluding hydrogens is 399 g/mol. The van der Waals surface area contributed by atoms with Crippen LogP contribution < -0.4 is 10.6 Å². The normalized spacial score (nSPS) is 10.6. The van der Waals surface area contributed by atoms with E-state index in [0.717, 1.165) is 11.4 Å². The number of nitrogens with one attached hydrogen (secondary N) is 2. The quantitative estimate of drug-likeness (QED) is 0.648. The van der Waals surface area contributed by atoms with Gasteiger partial charge in [0.15, 0.2) is 0 Å². The number of carbonyl (C=O) groups is 2. The first-order valence-electron chi connectivity index (χ1n) is 8.60. The summed E-state index contributed by atoms with van der Waals surface area (Å²) in [7, 11) is 1.52. The van der Waals surface area contributed by atoms with Crippen molar-refractivity contribution in [2.45, 2.75) is 13.3 Å². The molecule has 1 heterocycles. The van der Waals surface area contributed by atoms with Crippen LogP contribution in [0.5, 0.6) is 0 Å². The van der Waals surface area contributed by atoms with Crippen LogP contribution in [0, 0.1) is 0 Å². The number of hydrogen-bond donors (Lipinski definition) is 2. The van der Waals surface area contributed by atoms with Gasteiger partial charge in [0, 0.05) is 17.8 Å². The third-order valence-corrected chi connectivity index (χ3v) is 4.76. The summed E-state index contributed by atoms with van der Waals surface area (Å²) in [5, 5.41) is 10.6. The SMILES string of the molecule is CCc1c(C(=O)Nc2ccc(Cl)c(C(=O)NC)c2)cnn1-c1cccc(Cl)c1. The Morgan fingerprint density at radius 1 is 1.07 bits per heavy atom. The maximum atomic E-state index is 12.8. The van der Waals surface area contributed by atoms with Crippen LogP contribution in [-0.4, -0.2) is 28.6 Å². The lowest BCUT2D eigenvalue weighted by molar-refractivity contribution is 0.0961. The van der Waals surface area contributed by atoms with Gasteiger partial charge in [0.05, 0.1) is 33.7 Å². The predicted molar refractivity (Wildman–Crippen MR) is 111 cm³/mol. The molecule has 3 rings (SSSR count). The fourth-order valence-electron chi connectivity index (χ4n) is 2.84. The van der Waals surface area contributed by atoms with Crippen molar-refractivity contribution in [3.63, 3.8) is 0 Å². The topological polar surface area (TPSA) is 76.0 Å². The van der Waals surface area contributed by atoms with Gasteiger partial charge >= 0.3 is 0 Å². The average Bonchev–Trinajstić information content (AvgIpc) is 3.13. The van der Waals surface area contributed by atoms with Crippen molar-refractivity contribution >= 4 is 40.7 Å². The second kappa shape index (κ2) is 8.46. The van der Waals surface area contributed by atoms with Crippen LogP contribution in [0.4, 0.5) is 5.69 Å². The lowest BCUT2D eigenvalue weighted by Crippen LogP contribution is -2.19. The molecule has 1 aromatic heterocycles. The molecule has 0 radical (unpaired) electrons. The van der Waals surface area contributed by atoms with Gasteiger partial charge < -0.3 is 10.6 Å². The van der Waals surface area contributed by atoms with Crippen molar-refractivity contribution in [1.29, 1.82) is 0 Å². The molecule has 0 aliphatic carbocycles. The molecule has 2 N–H and O–H groups in total. The molecular formula is C20H18Cl2N4O2. The van der Waals surface area contributed by atoms with E-state index >= 15 is 0 Å². The van der Waals surface area contributed by atoms with E-state index in [1.54, 1.807) is 28.9 Å². The lowest BCUT2D eigenvalue weighted by Gasteiger charge is -2.10. The first-order chi connectivity index (χ1) is 13.4. The largest absolute Gasteiger partial charge is 0.355 e. The fraction of sp³-hybridized carbons (Fsp3) is 0.150. The highest BCUT2D eigenvalue weighted by molar-refractivity contribution is 6.34. The van der Waals surface area contributed by atoms with Gasteiger partial charge in [-0.3, -0.25) is 9.59 Å². The van der Waals surface area contributed by atoms with Gasteiger partial charge in [0.25, 0.3) is 11.8 Å². The molecule has 0 bridgehead atoms.